The number of ether oxygens (including phenoxy) is 1. The van der Waals surface area contributed by atoms with E-state index in [2.05, 4.69) is 6.08 Å². The maximum Gasteiger partial charge on any atom is 0.410 e. The highest BCUT2D eigenvalue weighted by Gasteiger charge is 2.50. The minimum atomic E-state index is -0.484. The summed E-state index contributed by atoms with van der Waals surface area (Å²) in [7, 11) is 0. The van der Waals surface area contributed by atoms with Gasteiger partial charge in [0.1, 0.15) is 11.4 Å². The number of hydrogen-bond acceptors (Lipinski definition) is 3. The molecule has 1 heterocycles. The summed E-state index contributed by atoms with van der Waals surface area (Å²) in [6.07, 6.45) is 5.31. The van der Waals surface area contributed by atoms with E-state index < -0.39 is 5.60 Å². The number of ketones is 1. The molecular formula is C15H21NO3. The van der Waals surface area contributed by atoms with Gasteiger partial charge in [-0.1, -0.05) is 12.2 Å². The van der Waals surface area contributed by atoms with Crippen LogP contribution in [0.2, 0.25) is 0 Å². The van der Waals surface area contributed by atoms with Crippen LogP contribution in [0.4, 0.5) is 4.79 Å². The minimum absolute atomic E-state index is 0.0103. The molecule has 0 N–H and O–H groups in total. The van der Waals surface area contributed by atoms with E-state index in [-0.39, 0.29) is 23.8 Å². The van der Waals surface area contributed by atoms with Crippen molar-refractivity contribution in [1.29, 1.82) is 0 Å². The van der Waals surface area contributed by atoms with Crippen LogP contribution in [0.5, 0.6) is 0 Å². The quantitative estimate of drug-likeness (QED) is 0.630. The first-order valence-corrected chi connectivity index (χ1v) is 7.06. The minimum Gasteiger partial charge on any atom is -0.444 e. The third-order valence-corrected chi connectivity index (χ3v) is 4.39. The van der Waals surface area contributed by atoms with Crippen molar-refractivity contribution in [3.8, 4) is 0 Å². The fourth-order valence-corrected chi connectivity index (χ4v) is 3.59. The zero-order valence-corrected chi connectivity index (χ0v) is 11.8. The largest absolute Gasteiger partial charge is 0.444 e. The van der Waals surface area contributed by atoms with Crippen LogP contribution in [0.25, 0.3) is 0 Å². The van der Waals surface area contributed by atoms with E-state index >= 15 is 0 Å². The van der Waals surface area contributed by atoms with Gasteiger partial charge in [-0.25, -0.2) is 4.79 Å². The monoisotopic (exact) mass is 263 g/mol. The lowest BCUT2D eigenvalue weighted by molar-refractivity contribution is -0.122. The third-order valence-electron chi connectivity index (χ3n) is 4.39. The lowest BCUT2D eigenvalue weighted by Gasteiger charge is -2.29. The van der Waals surface area contributed by atoms with E-state index in [0.29, 0.717) is 18.3 Å². The van der Waals surface area contributed by atoms with Gasteiger partial charge in [-0.15, -0.1) is 0 Å². The lowest BCUT2D eigenvalue weighted by atomic mass is 9.82. The molecule has 4 rings (SSSR count). The van der Waals surface area contributed by atoms with Crippen LogP contribution in [0.3, 0.4) is 0 Å². The second-order valence-electron chi connectivity index (χ2n) is 6.94. The Balaban J connectivity index is 1.81. The predicted molar refractivity (Wildman–Crippen MR) is 70.6 cm³/mol. The molecule has 4 nitrogen and oxygen atoms in total. The number of hydrogen-bond donors (Lipinski definition) is 0. The number of likely N-dealkylation sites (tertiary alicyclic amines) is 1. The molecule has 1 amide bonds. The normalized spacial score (nSPS) is 36.6. The SMILES string of the molecule is CC(C)(C)OC(=O)N1CC2CC3C=CC2C1CC3=O. The topological polar surface area (TPSA) is 46.6 Å². The summed E-state index contributed by atoms with van der Waals surface area (Å²) in [5.41, 5.74) is -0.484. The maximum absolute atomic E-state index is 12.3. The molecule has 0 spiro atoms. The molecule has 4 unspecified atom stereocenters. The number of carbonyl (C=O) groups excluding carboxylic acids is 2. The second kappa shape index (κ2) is 4.09. The summed E-state index contributed by atoms with van der Waals surface area (Å²) in [6, 6.07) is 0.0103. The molecule has 2 fully saturated rings. The number of Topliss-reactive ketones (excluding diaryl/α,β-unsaturated/α-hetero) is 1. The van der Waals surface area contributed by atoms with Gasteiger partial charge in [-0.2, -0.15) is 0 Å². The summed E-state index contributed by atoms with van der Waals surface area (Å²) in [6.45, 7) is 6.35. The highest BCUT2D eigenvalue weighted by molar-refractivity contribution is 5.85. The molecule has 3 aliphatic carbocycles. The van der Waals surface area contributed by atoms with Crippen LogP contribution in [0.15, 0.2) is 12.2 Å². The van der Waals surface area contributed by atoms with E-state index in [1.807, 2.05) is 26.8 Å². The Labute approximate surface area is 113 Å². The third kappa shape index (κ3) is 2.17. The Morgan fingerprint density at radius 1 is 1.37 bits per heavy atom. The molecule has 19 heavy (non-hydrogen) atoms. The van der Waals surface area contributed by atoms with Crippen molar-refractivity contribution < 1.29 is 14.3 Å². The van der Waals surface area contributed by atoms with Crippen LogP contribution in [0, 0.1) is 17.8 Å². The standard InChI is InChI=1S/C15H21NO3/c1-15(2,3)19-14(18)16-8-10-6-9-4-5-11(10)12(16)7-13(9)17/h4-5,9-12H,6-8H2,1-3H3. The van der Waals surface area contributed by atoms with Crippen molar-refractivity contribution >= 4 is 11.9 Å². The second-order valence-corrected chi connectivity index (χ2v) is 6.94. The first kappa shape index (κ1) is 12.7. The average molecular weight is 263 g/mol. The molecule has 1 saturated carbocycles. The van der Waals surface area contributed by atoms with Crippen LogP contribution >= 0.6 is 0 Å². The number of amides is 1. The number of nitrogens with zero attached hydrogens (tertiary/aromatic N) is 1. The summed E-state index contributed by atoms with van der Waals surface area (Å²) < 4.78 is 5.46. The van der Waals surface area contributed by atoms with Gasteiger partial charge < -0.3 is 9.64 Å². The van der Waals surface area contributed by atoms with Gasteiger partial charge in [0.2, 0.25) is 0 Å². The van der Waals surface area contributed by atoms with Crippen molar-refractivity contribution in [1.82, 2.24) is 4.90 Å². The smallest absolute Gasteiger partial charge is 0.410 e. The van der Waals surface area contributed by atoms with E-state index in [1.165, 1.54) is 0 Å². The highest BCUT2D eigenvalue weighted by atomic mass is 16.6. The summed E-state index contributed by atoms with van der Waals surface area (Å²) in [5.74, 6) is 1.14. The van der Waals surface area contributed by atoms with Gasteiger partial charge in [-0.05, 0) is 33.1 Å². The Hall–Kier alpha value is -1.32. The molecule has 4 bridgehead atoms. The average Bonchev–Trinajstić information content (AvgIpc) is 2.50. The van der Waals surface area contributed by atoms with E-state index in [1.54, 1.807) is 4.90 Å². The molecule has 4 heteroatoms. The molecular weight excluding hydrogens is 242 g/mol. The highest BCUT2D eigenvalue weighted by Crippen LogP contribution is 2.44. The molecule has 1 saturated heterocycles. The zero-order valence-electron chi connectivity index (χ0n) is 11.8. The number of carbonyl (C=O) groups is 2. The van der Waals surface area contributed by atoms with E-state index in [9.17, 15) is 9.59 Å². The Morgan fingerprint density at radius 3 is 2.79 bits per heavy atom. The molecule has 104 valence electrons. The van der Waals surface area contributed by atoms with Crippen LogP contribution in [0.1, 0.15) is 33.6 Å². The summed E-state index contributed by atoms with van der Waals surface area (Å²) in [4.78, 5) is 26.1. The van der Waals surface area contributed by atoms with Crippen molar-refractivity contribution in [3.05, 3.63) is 12.2 Å². The maximum atomic E-state index is 12.3. The van der Waals surface area contributed by atoms with Crippen molar-refractivity contribution in [2.24, 2.45) is 17.8 Å². The molecule has 0 aromatic heterocycles. The lowest BCUT2D eigenvalue weighted by Crippen LogP contribution is -2.42. The fraction of sp³-hybridized carbons (Fsp3) is 0.733. The fourth-order valence-electron chi connectivity index (χ4n) is 3.59. The van der Waals surface area contributed by atoms with Gasteiger partial charge >= 0.3 is 6.09 Å². The first-order valence-electron chi connectivity index (χ1n) is 7.06. The van der Waals surface area contributed by atoms with Crippen molar-refractivity contribution in [2.45, 2.75) is 45.3 Å². The summed E-state index contributed by atoms with van der Waals surface area (Å²) in [5, 5.41) is 0. The van der Waals surface area contributed by atoms with Crippen LogP contribution in [-0.2, 0) is 9.53 Å². The number of fused-ring (bicyclic) bond motifs is 1. The van der Waals surface area contributed by atoms with Crippen LogP contribution in [-0.4, -0.2) is 35.0 Å². The van der Waals surface area contributed by atoms with Gasteiger partial charge in [0.05, 0.1) is 0 Å². The van der Waals surface area contributed by atoms with Gasteiger partial charge in [-0.3, -0.25) is 4.79 Å². The molecule has 4 atom stereocenters. The predicted octanol–water partition coefficient (Wildman–Crippen LogP) is 2.39. The molecule has 0 aromatic rings. The van der Waals surface area contributed by atoms with E-state index in [4.69, 9.17) is 4.74 Å². The van der Waals surface area contributed by atoms with Gasteiger partial charge in [0, 0.05) is 30.8 Å². The van der Waals surface area contributed by atoms with Crippen molar-refractivity contribution in [2.75, 3.05) is 6.54 Å². The molecule has 0 radical (unpaired) electrons. The Morgan fingerprint density at radius 2 is 2.11 bits per heavy atom. The van der Waals surface area contributed by atoms with Crippen molar-refractivity contribution in [3.63, 3.8) is 0 Å². The van der Waals surface area contributed by atoms with Gasteiger partial charge in [0.15, 0.2) is 0 Å². The zero-order chi connectivity index (χ0) is 13.8. The van der Waals surface area contributed by atoms with Gasteiger partial charge in [0.25, 0.3) is 0 Å². The number of rotatable bonds is 0. The molecule has 4 aliphatic rings. The Kier molecular flexibility index (Phi) is 2.73. The first-order chi connectivity index (χ1) is 8.85. The molecule has 0 aromatic carbocycles. The number of allylic oxidation sites excluding steroid dienone is 1. The van der Waals surface area contributed by atoms with Crippen LogP contribution < -0.4 is 0 Å². The Bertz CT molecular complexity index is 449. The molecule has 1 aliphatic heterocycles. The summed E-state index contributed by atoms with van der Waals surface area (Å²) >= 11 is 0. The van der Waals surface area contributed by atoms with E-state index in [0.717, 1.165) is 13.0 Å².